The van der Waals surface area contributed by atoms with Gasteiger partial charge in [0.05, 0.1) is 13.2 Å². The molecule has 0 bridgehead atoms. The number of hydrogen-bond acceptors (Lipinski definition) is 9. The van der Waals surface area contributed by atoms with Gasteiger partial charge in [0.1, 0.15) is 30.2 Å². The van der Waals surface area contributed by atoms with Gasteiger partial charge in [-0.25, -0.2) is 0 Å². The van der Waals surface area contributed by atoms with E-state index in [-0.39, 0.29) is 17.5 Å². The van der Waals surface area contributed by atoms with Crippen LogP contribution in [0.3, 0.4) is 0 Å². The number of aliphatic hydroxyl groups excluding tert-OH is 4. The minimum absolute atomic E-state index is 0.211. The minimum Gasteiger partial charge on any atom is -0.394 e. The summed E-state index contributed by atoms with van der Waals surface area (Å²) in [5, 5.41) is 38.2. The molecule has 1 aliphatic heterocycles. The Morgan fingerprint density at radius 2 is 1.42 bits per heavy atom. The van der Waals surface area contributed by atoms with Crippen LogP contribution in [0, 0.1) is 0 Å². The van der Waals surface area contributed by atoms with Crippen molar-refractivity contribution < 1.29 is 43.8 Å². The lowest BCUT2D eigenvalue weighted by molar-refractivity contribution is -0.301. The van der Waals surface area contributed by atoms with E-state index in [4.69, 9.17) is 19.1 Å². The van der Waals surface area contributed by atoms with Gasteiger partial charge >= 0.3 is 0 Å². The Balaban J connectivity index is 2.03. The van der Waals surface area contributed by atoms with Gasteiger partial charge in [-0.3, -0.25) is 9.36 Å². The lowest BCUT2D eigenvalue weighted by Gasteiger charge is -2.39. The molecule has 9 nitrogen and oxygen atoms in total. The summed E-state index contributed by atoms with van der Waals surface area (Å²) < 4.78 is 28.7. The highest BCUT2D eigenvalue weighted by Gasteiger charge is 2.43. The van der Waals surface area contributed by atoms with Crippen LogP contribution >= 0.6 is 7.37 Å². The van der Waals surface area contributed by atoms with Crippen LogP contribution in [-0.2, 0) is 23.4 Å². The van der Waals surface area contributed by atoms with Crippen LogP contribution in [0.15, 0.2) is 0 Å². The summed E-state index contributed by atoms with van der Waals surface area (Å²) in [5.74, 6) is 0.211. The van der Waals surface area contributed by atoms with E-state index >= 15 is 0 Å². The third-order valence-corrected chi connectivity index (χ3v) is 9.25. The van der Waals surface area contributed by atoms with E-state index in [0.29, 0.717) is 32.3 Å². The summed E-state index contributed by atoms with van der Waals surface area (Å²) in [7, 11) is -2.59. The Morgan fingerprint density at radius 3 is 2.03 bits per heavy atom. The zero-order chi connectivity index (χ0) is 25.1. The van der Waals surface area contributed by atoms with Gasteiger partial charge in [-0.15, -0.1) is 0 Å². The van der Waals surface area contributed by atoms with Crippen LogP contribution in [0.5, 0.6) is 0 Å². The van der Waals surface area contributed by atoms with Gasteiger partial charge in [-0.2, -0.15) is 0 Å². The molecule has 1 aliphatic rings. The van der Waals surface area contributed by atoms with Gasteiger partial charge in [0, 0.05) is 31.3 Å². The Labute approximate surface area is 198 Å². The zero-order valence-electron chi connectivity index (χ0n) is 20.6. The standard InChI is InChI=1S/C23H45O9P/c1-23(2,3)33(4,29)31-15-10-7-5-6-8-12-17(25)13-9-11-14-30-22-21(28)20(27)19(26)18(16-24)32-22/h18-22,24,26-28H,5-16H2,1-4H3/t18?,19-,20+,21?,22+,33?/m1/s1. The van der Waals surface area contributed by atoms with E-state index in [1.54, 1.807) is 6.66 Å². The maximum absolute atomic E-state index is 12.4. The molecule has 6 atom stereocenters. The van der Waals surface area contributed by atoms with Crippen molar-refractivity contribution in [2.75, 3.05) is 26.5 Å². The van der Waals surface area contributed by atoms with E-state index in [0.717, 1.165) is 32.1 Å². The van der Waals surface area contributed by atoms with Crippen molar-refractivity contribution in [3.63, 3.8) is 0 Å². The molecule has 0 saturated carbocycles. The highest BCUT2D eigenvalue weighted by Crippen LogP contribution is 2.55. The first-order valence-corrected chi connectivity index (χ1v) is 14.1. The highest BCUT2D eigenvalue weighted by atomic mass is 31.2. The number of hydrogen-bond donors (Lipinski definition) is 4. The smallest absolute Gasteiger partial charge is 0.205 e. The highest BCUT2D eigenvalue weighted by molar-refractivity contribution is 7.59. The molecule has 33 heavy (non-hydrogen) atoms. The van der Waals surface area contributed by atoms with Crippen molar-refractivity contribution >= 4 is 13.2 Å². The summed E-state index contributed by atoms with van der Waals surface area (Å²) in [4.78, 5) is 12.0. The van der Waals surface area contributed by atoms with Crippen LogP contribution in [-0.4, -0.2) is 88.6 Å². The third kappa shape index (κ3) is 10.8. The van der Waals surface area contributed by atoms with Crippen molar-refractivity contribution in [3.8, 4) is 0 Å². The van der Waals surface area contributed by atoms with Crippen LogP contribution in [0.4, 0.5) is 0 Å². The van der Waals surface area contributed by atoms with Gasteiger partial charge in [0.25, 0.3) is 0 Å². The maximum Gasteiger partial charge on any atom is 0.205 e. The van der Waals surface area contributed by atoms with E-state index in [2.05, 4.69) is 0 Å². The number of unbranched alkanes of at least 4 members (excludes halogenated alkanes) is 5. The number of Topliss-reactive ketones (excluding diaryl/α,β-unsaturated/α-hetero) is 1. The van der Waals surface area contributed by atoms with Crippen molar-refractivity contribution in [2.24, 2.45) is 0 Å². The molecule has 196 valence electrons. The molecule has 0 aromatic heterocycles. The molecule has 0 aliphatic carbocycles. The number of aliphatic hydroxyl groups is 4. The average Bonchev–Trinajstić information content (AvgIpc) is 2.74. The van der Waals surface area contributed by atoms with Crippen LogP contribution in [0.2, 0.25) is 0 Å². The predicted molar refractivity (Wildman–Crippen MR) is 126 cm³/mol. The SMILES string of the molecule is CC(C)(C)P(C)(=O)OCCCCCCCC(=O)CCCCO[C@H]1OC(CO)[C@@H](O)[C@H](O)C1O. The van der Waals surface area contributed by atoms with Gasteiger partial charge in [0.15, 0.2) is 6.29 Å². The minimum atomic E-state index is -2.59. The quantitative estimate of drug-likeness (QED) is 0.187. The van der Waals surface area contributed by atoms with Crippen LogP contribution in [0.1, 0.15) is 78.6 Å². The Kier molecular flexibility index (Phi) is 13.8. The van der Waals surface area contributed by atoms with Crippen molar-refractivity contribution in [1.29, 1.82) is 0 Å². The van der Waals surface area contributed by atoms with Crippen molar-refractivity contribution in [2.45, 2.75) is 114 Å². The zero-order valence-corrected chi connectivity index (χ0v) is 21.5. The molecule has 10 heteroatoms. The van der Waals surface area contributed by atoms with Gasteiger partial charge in [-0.05, 0) is 25.7 Å². The second-order valence-corrected chi connectivity index (χ2v) is 13.2. The molecule has 4 N–H and O–H groups in total. The fourth-order valence-corrected chi connectivity index (χ4v) is 4.21. The Morgan fingerprint density at radius 1 is 0.879 bits per heavy atom. The number of ether oxygens (including phenoxy) is 2. The summed E-state index contributed by atoms with van der Waals surface area (Å²) >= 11 is 0. The predicted octanol–water partition coefficient (Wildman–Crippen LogP) is 2.61. The largest absolute Gasteiger partial charge is 0.394 e. The second kappa shape index (κ2) is 14.9. The molecule has 0 spiro atoms. The maximum atomic E-state index is 12.4. The molecule has 1 heterocycles. The summed E-state index contributed by atoms with van der Waals surface area (Å²) in [6.07, 6.45) is 0.616. The molecule has 0 amide bonds. The number of carbonyl (C=O) groups is 1. The van der Waals surface area contributed by atoms with Gasteiger partial charge in [0.2, 0.25) is 7.37 Å². The molecular weight excluding hydrogens is 451 g/mol. The first-order valence-electron chi connectivity index (χ1n) is 12.1. The Hall–Kier alpha value is -0.380. The Bertz CT molecular complexity index is 605. The topological polar surface area (TPSA) is 143 Å². The lowest BCUT2D eigenvalue weighted by atomic mass is 9.99. The molecule has 1 saturated heterocycles. The van der Waals surface area contributed by atoms with E-state index in [1.165, 1.54) is 0 Å². The monoisotopic (exact) mass is 496 g/mol. The number of carbonyl (C=O) groups excluding carboxylic acids is 1. The summed E-state index contributed by atoms with van der Waals surface area (Å²) in [6, 6.07) is 0. The molecule has 0 radical (unpaired) electrons. The molecule has 3 unspecified atom stereocenters. The number of rotatable bonds is 16. The molecule has 1 fully saturated rings. The fourth-order valence-electron chi connectivity index (χ4n) is 3.34. The van der Waals surface area contributed by atoms with Gasteiger partial charge in [-0.1, -0.05) is 40.0 Å². The van der Waals surface area contributed by atoms with Crippen molar-refractivity contribution in [1.82, 2.24) is 0 Å². The van der Waals surface area contributed by atoms with Crippen LogP contribution < -0.4 is 0 Å². The van der Waals surface area contributed by atoms with E-state index < -0.39 is 44.7 Å². The summed E-state index contributed by atoms with van der Waals surface area (Å²) in [5.41, 5.74) is 0. The molecule has 0 aromatic rings. The first kappa shape index (κ1) is 30.7. The fraction of sp³-hybridized carbons (Fsp3) is 0.957. The second-order valence-electron chi connectivity index (χ2n) is 9.93. The van der Waals surface area contributed by atoms with Crippen molar-refractivity contribution in [3.05, 3.63) is 0 Å². The normalized spacial score (nSPS) is 27.9. The summed E-state index contributed by atoms with van der Waals surface area (Å²) in [6.45, 7) is 7.73. The molecular formula is C23H45O9P. The number of ketones is 1. The lowest BCUT2D eigenvalue weighted by Crippen LogP contribution is -2.59. The molecule has 0 aromatic carbocycles. The molecule has 1 rings (SSSR count). The van der Waals surface area contributed by atoms with Crippen LogP contribution in [0.25, 0.3) is 0 Å². The first-order chi connectivity index (χ1) is 15.4. The average molecular weight is 497 g/mol. The van der Waals surface area contributed by atoms with E-state index in [1.807, 2.05) is 20.8 Å². The van der Waals surface area contributed by atoms with E-state index in [9.17, 15) is 24.7 Å². The third-order valence-electron chi connectivity index (χ3n) is 6.14. The van der Waals surface area contributed by atoms with Gasteiger partial charge < -0.3 is 34.4 Å².